The van der Waals surface area contributed by atoms with Crippen LogP contribution in [-0.4, -0.2) is 18.5 Å². The van der Waals surface area contributed by atoms with Crippen LogP contribution in [0.3, 0.4) is 0 Å². The summed E-state index contributed by atoms with van der Waals surface area (Å²) in [5.41, 5.74) is 3.64. The van der Waals surface area contributed by atoms with Crippen LogP contribution in [-0.2, 0) is 6.18 Å². The van der Waals surface area contributed by atoms with Crippen LogP contribution in [0.5, 0.6) is 0 Å². The van der Waals surface area contributed by atoms with Crippen LogP contribution in [0.4, 0.5) is 17.6 Å². The van der Waals surface area contributed by atoms with Crippen molar-refractivity contribution in [1.82, 2.24) is 5.32 Å². The first-order valence-corrected chi connectivity index (χ1v) is 6.13. The van der Waals surface area contributed by atoms with Gasteiger partial charge < -0.3 is 11.1 Å². The van der Waals surface area contributed by atoms with E-state index in [1.807, 2.05) is 0 Å². The van der Waals surface area contributed by atoms with Crippen molar-refractivity contribution in [2.75, 3.05) is 6.54 Å². The first-order valence-electron chi connectivity index (χ1n) is 6.13. The van der Waals surface area contributed by atoms with Crippen LogP contribution >= 0.6 is 0 Å². The van der Waals surface area contributed by atoms with E-state index in [1.165, 1.54) is 0 Å². The average molecular weight is 292 g/mol. The van der Waals surface area contributed by atoms with Gasteiger partial charge in [0.2, 0.25) is 0 Å². The predicted octanol–water partition coefficient (Wildman–Crippen LogP) is 2.70. The van der Waals surface area contributed by atoms with Gasteiger partial charge in [0.25, 0.3) is 5.91 Å². The third-order valence-corrected chi connectivity index (χ3v) is 2.76. The summed E-state index contributed by atoms with van der Waals surface area (Å²) >= 11 is 0. The Labute approximate surface area is 114 Å². The zero-order valence-electron chi connectivity index (χ0n) is 10.9. The molecule has 7 heteroatoms. The Morgan fingerprint density at radius 1 is 1.40 bits per heavy atom. The molecule has 0 saturated carbocycles. The molecule has 0 heterocycles. The Hall–Kier alpha value is -1.63. The molecule has 0 fully saturated rings. The summed E-state index contributed by atoms with van der Waals surface area (Å²) in [6, 6.07) is 1.46. The molecule has 1 aromatic rings. The molecule has 0 aromatic heterocycles. The van der Waals surface area contributed by atoms with Gasteiger partial charge in [-0.25, -0.2) is 4.39 Å². The first-order chi connectivity index (χ1) is 9.25. The molecular formula is C13H16F4N2O. The van der Waals surface area contributed by atoms with Crippen molar-refractivity contribution >= 4 is 5.91 Å². The molecule has 0 radical (unpaired) electrons. The van der Waals surface area contributed by atoms with E-state index in [9.17, 15) is 22.4 Å². The quantitative estimate of drug-likeness (QED) is 0.820. The summed E-state index contributed by atoms with van der Waals surface area (Å²) in [4.78, 5) is 11.8. The van der Waals surface area contributed by atoms with Crippen molar-refractivity contribution in [3.8, 4) is 0 Å². The van der Waals surface area contributed by atoms with E-state index in [4.69, 9.17) is 5.73 Å². The predicted molar refractivity (Wildman–Crippen MR) is 66.6 cm³/mol. The van der Waals surface area contributed by atoms with Crippen molar-refractivity contribution in [2.45, 2.75) is 32.0 Å². The maximum Gasteiger partial charge on any atom is 0.416 e. The molecule has 1 atom stereocenters. The topological polar surface area (TPSA) is 55.1 Å². The number of rotatable bonds is 5. The second kappa shape index (κ2) is 6.69. The second-order valence-electron chi connectivity index (χ2n) is 4.50. The minimum Gasteiger partial charge on any atom is -0.349 e. The van der Waals surface area contributed by atoms with E-state index in [1.54, 1.807) is 6.92 Å². The van der Waals surface area contributed by atoms with Crippen molar-refractivity contribution in [2.24, 2.45) is 5.73 Å². The van der Waals surface area contributed by atoms with Gasteiger partial charge in [-0.2, -0.15) is 13.2 Å². The minimum atomic E-state index is -4.62. The molecule has 1 unspecified atom stereocenters. The molecule has 0 bridgehead atoms. The fourth-order valence-corrected chi connectivity index (χ4v) is 1.67. The number of carbonyl (C=O) groups excluding carboxylic acids is 1. The van der Waals surface area contributed by atoms with E-state index in [2.05, 4.69) is 5.32 Å². The second-order valence-corrected chi connectivity index (χ2v) is 4.50. The zero-order chi connectivity index (χ0) is 15.3. The highest BCUT2D eigenvalue weighted by Crippen LogP contribution is 2.30. The molecule has 112 valence electrons. The molecule has 20 heavy (non-hydrogen) atoms. The molecule has 1 rings (SSSR count). The Balaban J connectivity index is 2.87. The van der Waals surface area contributed by atoms with E-state index >= 15 is 0 Å². The number of benzene rings is 1. The fraction of sp³-hybridized carbons (Fsp3) is 0.462. The molecule has 0 saturated heterocycles. The molecule has 0 spiro atoms. The van der Waals surface area contributed by atoms with E-state index in [0.29, 0.717) is 37.6 Å². The fourth-order valence-electron chi connectivity index (χ4n) is 1.67. The minimum absolute atomic E-state index is 0.292. The summed E-state index contributed by atoms with van der Waals surface area (Å²) in [5.74, 6) is -1.85. The smallest absolute Gasteiger partial charge is 0.349 e. The Bertz CT molecular complexity index is 474. The molecule has 0 aliphatic carbocycles. The van der Waals surface area contributed by atoms with Crippen molar-refractivity contribution in [1.29, 1.82) is 0 Å². The lowest BCUT2D eigenvalue weighted by molar-refractivity contribution is -0.137. The lowest BCUT2D eigenvalue weighted by Gasteiger charge is -2.14. The highest BCUT2D eigenvalue weighted by molar-refractivity contribution is 5.94. The van der Waals surface area contributed by atoms with Crippen molar-refractivity contribution < 1.29 is 22.4 Å². The summed E-state index contributed by atoms with van der Waals surface area (Å²) in [6.45, 7) is 2.12. The van der Waals surface area contributed by atoms with Crippen LogP contribution in [0.15, 0.2) is 18.2 Å². The molecule has 3 N–H and O–H groups in total. The summed E-state index contributed by atoms with van der Waals surface area (Å²) in [7, 11) is 0. The number of amides is 1. The van der Waals surface area contributed by atoms with Gasteiger partial charge in [0.15, 0.2) is 0 Å². The third-order valence-electron chi connectivity index (χ3n) is 2.76. The number of alkyl halides is 3. The molecule has 3 nitrogen and oxygen atoms in total. The van der Waals surface area contributed by atoms with Crippen LogP contribution in [0.25, 0.3) is 0 Å². The number of carbonyl (C=O) groups is 1. The normalized spacial score (nSPS) is 13.1. The standard InChI is InChI=1S/C13H16F4N2O/c1-8(3-2-6-18)19-12(20)10-7-9(13(15,16)17)4-5-11(10)14/h4-5,7-8H,2-3,6,18H2,1H3,(H,19,20). The highest BCUT2D eigenvalue weighted by Gasteiger charge is 2.32. The van der Waals surface area contributed by atoms with Crippen molar-refractivity contribution in [3.63, 3.8) is 0 Å². The maximum atomic E-state index is 13.5. The van der Waals surface area contributed by atoms with Gasteiger partial charge >= 0.3 is 6.18 Å². The summed E-state index contributed by atoms with van der Waals surface area (Å²) < 4.78 is 51.0. The van der Waals surface area contributed by atoms with Gasteiger partial charge in [0.05, 0.1) is 11.1 Å². The van der Waals surface area contributed by atoms with Crippen LogP contribution < -0.4 is 11.1 Å². The maximum absolute atomic E-state index is 13.5. The lowest BCUT2D eigenvalue weighted by Crippen LogP contribution is -2.33. The van der Waals surface area contributed by atoms with Gasteiger partial charge in [0, 0.05) is 6.04 Å². The number of hydrogen-bond donors (Lipinski definition) is 2. The van der Waals surface area contributed by atoms with Crippen molar-refractivity contribution in [3.05, 3.63) is 35.1 Å². The van der Waals surface area contributed by atoms with E-state index < -0.39 is 29.0 Å². The molecule has 1 aromatic carbocycles. The van der Waals surface area contributed by atoms with Gasteiger partial charge in [-0.15, -0.1) is 0 Å². The monoisotopic (exact) mass is 292 g/mol. The number of hydrogen-bond acceptors (Lipinski definition) is 2. The lowest BCUT2D eigenvalue weighted by atomic mass is 10.1. The molecular weight excluding hydrogens is 276 g/mol. The largest absolute Gasteiger partial charge is 0.416 e. The van der Waals surface area contributed by atoms with Crippen LogP contribution in [0.2, 0.25) is 0 Å². The van der Waals surface area contributed by atoms with E-state index in [-0.39, 0.29) is 6.04 Å². The summed E-state index contributed by atoms with van der Waals surface area (Å²) in [5, 5.41) is 2.45. The SMILES string of the molecule is CC(CCCN)NC(=O)c1cc(C(F)(F)F)ccc1F. The van der Waals surface area contributed by atoms with Gasteiger partial charge in [-0.05, 0) is 44.5 Å². The van der Waals surface area contributed by atoms with E-state index in [0.717, 1.165) is 0 Å². The molecule has 0 aliphatic heterocycles. The third kappa shape index (κ3) is 4.48. The van der Waals surface area contributed by atoms with Gasteiger partial charge in [-0.1, -0.05) is 0 Å². The molecule has 1 amide bonds. The van der Waals surface area contributed by atoms with Gasteiger partial charge in [-0.3, -0.25) is 4.79 Å². The Kier molecular flexibility index (Phi) is 5.50. The highest BCUT2D eigenvalue weighted by atomic mass is 19.4. The van der Waals surface area contributed by atoms with Gasteiger partial charge in [0.1, 0.15) is 5.82 Å². The Morgan fingerprint density at radius 2 is 2.05 bits per heavy atom. The number of nitrogens with two attached hydrogens (primary N) is 1. The Morgan fingerprint density at radius 3 is 2.60 bits per heavy atom. The molecule has 0 aliphatic rings. The average Bonchev–Trinajstić information content (AvgIpc) is 2.35. The number of halogens is 4. The van der Waals surface area contributed by atoms with Crippen LogP contribution in [0, 0.1) is 5.82 Å². The number of nitrogens with one attached hydrogen (secondary N) is 1. The van der Waals surface area contributed by atoms with Crippen LogP contribution in [0.1, 0.15) is 35.7 Å². The first kappa shape index (κ1) is 16.4. The zero-order valence-corrected chi connectivity index (χ0v) is 10.9. The summed E-state index contributed by atoms with van der Waals surface area (Å²) in [6.07, 6.45) is -3.39.